The number of hydrogen-bond acceptors (Lipinski definition) is 5. The molecule has 0 aliphatic carbocycles. The van der Waals surface area contributed by atoms with Crippen molar-refractivity contribution in [2.45, 2.75) is 25.0 Å². The smallest absolute Gasteiger partial charge is 0.223 e. The molecule has 2 saturated heterocycles. The summed E-state index contributed by atoms with van der Waals surface area (Å²) in [4.78, 5) is 23.7. The number of rotatable bonds is 5. The van der Waals surface area contributed by atoms with Crippen molar-refractivity contribution in [1.29, 1.82) is 0 Å². The van der Waals surface area contributed by atoms with E-state index < -0.39 is 0 Å². The Morgan fingerprint density at radius 2 is 2.08 bits per heavy atom. The third-order valence-electron chi connectivity index (χ3n) is 4.93. The Morgan fingerprint density at radius 3 is 2.79 bits per heavy atom. The van der Waals surface area contributed by atoms with Gasteiger partial charge in [-0.15, -0.1) is 0 Å². The van der Waals surface area contributed by atoms with Crippen LogP contribution in [0, 0.1) is 0 Å². The second kappa shape index (κ2) is 8.72. The summed E-state index contributed by atoms with van der Waals surface area (Å²) in [6.07, 6.45) is 3.66. The number of carbonyl (C=O) groups excluding carboxylic acids is 1. The molecule has 0 radical (unpaired) electrons. The second-order valence-corrected chi connectivity index (χ2v) is 7.92. The van der Waals surface area contributed by atoms with Crippen LogP contribution in [0.3, 0.4) is 0 Å². The highest BCUT2D eigenvalue weighted by molar-refractivity contribution is 8.00. The number of anilines is 1. The Balaban J connectivity index is 1.39. The predicted octanol–water partition coefficient (Wildman–Crippen LogP) is 1.95. The van der Waals surface area contributed by atoms with Gasteiger partial charge >= 0.3 is 0 Å². The number of piperazine rings is 1. The molecule has 0 aromatic carbocycles. The van der Waals surface area contributed by atoms with E-state index in [1.54, 1.807) is 0 Å². The first-order valence-corrected chi connectivity index (χ1v) is 10.1. The molecule has 24 heavy (non-hydrogen) atoms. The van der Waals surface area contributed by atoms with Crippen molar-refractivity contribution in [3.05, 3.63) is 24.4 Å². The highest BCUT2D eigenvalue weighted by Crippen LogP contribution is 2.21. The van der Waals surface area contributed by atoms with E-state index in [0.717, 1.165) is 63.8 Å². The maximum absolute atomic E-state index is 12.5. The van der Waals surface area contributed by atoms with Crippen molar-refractivity contribution in [2.75, 3.05) is 56.5 Å². The zero-order valence-corrected chi connectivity index (χ0v) is 15.4. The third-order valence-corrected chi connectivity index (χ3v) is 6.31. The number of hydrogen-bond donors (Lipinski definition) is 0. The average Bonchev–Trinajstić information content (AvgIpc) is 2.67. The van der Waals surface area contributed by atoms with Crippen molar-refractivity contribution < 1.29 is 4.79 Å². The van der Waals surface area contributed by atoms with Crippen LogP contribution in [0.4, 0.5) is 5.82 Å². The minimum Gasteiger partial charge on any atom is -0.354 e. The van der Waals surface area contributed by atoms with E-state index in [2.05, 4.69) is 32.7 Å². The lowest BCUT2D eigenvalue weighted by atomic mass is 10.2. The Hall–Kier alpha value is -1.27. The molecule has 0 unspecified atom stereocenters. The van der Waals surface area contributed by atoms with Gasteiger partial charge in [0.1, 0.15) is 5.82 Å². The molecule has 2 fully saturated rings. The largest absolute Gasteiger partial charge is 0.354 e. The summed E-state index contributed by atoms with van der Waals surface area (Å²) in [6, 6.07) is 6.05. The van der Waals surface area contributed by atoms with Gasteiger partial charge in [-0.05, 0) is 18.6 Å². The van der Waals surface area contributed by atoms with Crippen molar-refractivity contribution in [1.82, 2.24) is 14.8 Å². The van der Waals surface area contributed by atoms with Gasteiger partial charge in [0.05, 0.1) is 0 Å². The molecular weight excluding hydrogens is 320 g/mol. The molecule has 2 aliphatic heterocycles. The van der Waals surface area contributed by atoms with E-state index in [4.69, 9.17) is 0 Å². The zero-order valence-electron chi connectivity index (χ0n) is 14.6. The summed E-state index contributed by atoms with van der Waals surface area (Å²) in [7, 11) is 0. The van der Waals surface area contributed by atoms with Gasteiger partial charge in [0.15, 0.2) is 0 Å². The normalized spacial score (nSPS) is 22.6. The van der Waals surface area contributed by atoms with Crippen LogP contribution >= 0.6 is 11.8 Å². The fourth-order valence-corrected chi connectivity index (χ4v) is 4.53. The van der Waals surface area contributed by atoms with Crippen molar-refractivity contribution in [3.63, 3.8) is 0 Å². The topological polar surface area (TPSA) is 39.7 Å². The van der Waals surface area contributed by atoms with Crippen molar-refractivity contribution >= 4 is 23.5 Å². The van der Waals surface area contributed by atoms with Crippen LogP contribution in [0.25, 0.3) is 0 Å². The van der Waals surface area contributed by atoms with Gasteiger partial charge in [-0.3, -0.25) is 9.69 Å². The molecule has 1 aromatic heterocycles. The molecule has 0 N–H and O–H groups in total. The van der Waals surface area contributed by atoms with Gasteiger partial charge in [-0.1, -0.05) is 13.0 Å². The Labute approximate surface area is 149 Å². The summed E-state index contributed by atoms with van der Waals surface area (Å²) in [5.74, 6) is 2.48. The first-order chi connectivity index (χ1) is 11.8. The van der Waals surface area contributed by atoms with Gasteiger partial charge in [0.2, 0.25) is 5.91 Å². The SMILES string of the molecule is CC[C@H]1CN(C(=O)CCN2CCN(c3ccccn3)CC2)CCS1. The lowest BCUT2D eigenvalue weighted by molar-refractivity contribution is -0.131. The number of thioether (sulfide) groups is 1. The molecule has 132 valence electrons. The summed E-state index contributed by atoms with van der Waals surface area (Å²) >= 11 is 2.01. The standard InChI is InChI=1S/C18H28N4OS/c1-2-16-15-22(13-14-24-16)18(23)6-8-20-9-11-21(12-10-20)17-5-3-4-7-19-17/h3-5,7,16H,2,6,8-15H2,1H3/t16-/m0/s1. The average molecular weight is 349 g/mol. The van der Waals surface area contributed by atoms with E-state index in [1.165, 1.54) is 0 Å². The van der Waals surface area contributed by atoms with E-state index in [9.17, 15) is 4.79 Å². The molecule has 6 heteroatoms. The molecule has 0 spiro atoms. The number of amides is 1. The molecule has 1 atom stereocenters. The number of nitrogens with zero attached hydrogens (tertiary/aromatic N) is 4. The quantitative estimate of drug-likeness (QED) is 0.813. The Kier molecular flexibility index (Phi) is 6.37. The minimum absolute atomic E-state index is 0.334. The zero-order chi connectivity index (χ0) is 16.8. The first kappa shape index (κ1) is 17.5. The predicted molar refractivity (Wildman–Crippen MR) is 101 cm³/mol. The van der Waals surface area contributed by atoms with Gasteiger partial charge in [0.25, 0.3) is 0 Å². The highest BCUT2D eigenvalue weighted by Gasteiger charge is 2.24. The van der Waals surface area contributed by atoms with Crippen LogP contribution in [0.1, 0.15) is 19.8 Å². The van der Waals surface area contributed by atoms with Crippen LogP contribution in [-0.4, -0.2) is 77.5 Å². The van der Waals surface area contributed by atoms with E-state index >= 15 is 0 Å². The number of aromatic nitrogens is 1. The van der Waals surface area contributed by atoms with Crippen LogP contribution in [-0.2, 0) is 4.79 Å². The van der Waals surface area contributed by atoms with Crippen LogP contribution in [0.5, 0.6) is 0 Å². The fourth-order valence-electron chi connectivity index (χ4n) is 3.35. The summed E-state index contributed by atoms with van der Waals surface area (Å²) in [6.45, 7) is 8.96. The molecular formula is C18H28N4OS. The number of pyridine rings is 1. The molecule has 0 bridgehead atoms. The summed E-state index contributed by atoms with van der Waals surface area (Å²) in [5.41, 5.74) is 0. The molecule has 1 amide bonds. The second-order valence-electron chi connectivity index (χ2n) is 6.51. The number of carbonyl (C=O) groups is 1. The van der Waals surface area contributed by atoms with Crippen molar-refractivity contribution in [3.8, 4) is 0 Å². The lowest BCUT2D eigenvalue weighted by Gasteiger charge is -2.36. The van der Waals surface area contributed by atoms with Crippen LogP contribution in [0.15, 0.2) is 24.4 Å². The summed E-state index contributed by atoms with van der Waals surface area (Å²) in [5, 5.41) is 0.629. The van der Waals surface area contributed by atoms with Gasteiger partial charge in [-0.2, -0.15) is 11.8 Å². The fraction of sp³-hybridized carbons (Fsp3) is 0.667. The Morgan fingerprint density at radius 1 is 1.25 bits per heavy atom. The van der Waals surface area contributed by atoms with E-state index in [-0.39, 0.29) is 0 Å². The highest BCUT2D eigenvalue weighted by atomic mass is 32.2. The summed E-state index contributed by atoms with van der Waals surface area (Å²) < 4.78 is 0. The molecule has 5 nitrogen and oxygen atoms in total. The minimum atomic E-state index is 0.334. The maximum Gasteiger partial charge on any atom is 0.223 e. The molecule has 3 rings (SSSR count). The molecule has 3 heterocycles. The van der Waals surface area contributed by atoms with Crippen LogP contribution < -0.4 is 4.90 Å². The van der Waals surface area contributed by atoms with Crippen molar-refractivity contribution in [2.24, 2.45) is 0 Å². The van der Waals surface area contributed by atoms with Gasteiger partial charge in [0, 0.05) is 69.4 Å². The van der Waals surface area contributed by atoms with Gasteiger partial charge < -0.3 is 9.80 Å². The van der Waals surface area contributed by atoms with Gasteiger partial charge in [-0.25, -0.2) is 4.98 Å². The monoisotopic (exact) mass is 348 g/mol. The molecule has 1 aromatic rings. The third kappa shape index (κ3) is 4.63. The first-order valence-electron chi connectivity index (χ1n) is 9.04. The van der Waals surface area contributed by atoms with E-state index in [0.29, 0.717) is 17.6 Å². The lowest BCUT2D eigenvalue weighted by Crippen LogP contribution is -2.48. The Bertz CT molecular complexity index is 519. The maximum atomic E-state index is 12.5. The van der Waals surface area contributed by atoms with E-state index in [1.807, 2.05) is 30.1 Å². The molecule has 0 saturated carbocycles. The van der Waals surface area contributed by atoms with Crippen LogP contribution in [0.2, 0.25) is 0 Å². The molecule has 2 aliphatic rings.